The number of alkyl halides is 1. The van der Waals surface area contributed by atoms with Crippen molar-refractivity contribution in [3.05, 3.63) is 33.8 Å². The topological polar surface area (TPSA) is 20.3 Å². The second kappa shape index (κ2) is 6.76. The summed E-state index contributed by atoms with van der Waals surface area (Å²) in [5.41, 5.74) is 1.80. The Bertz CT molecular complexity index is 463. The monoisotopic (exact) mass is 343 g/mol. The van der Waals surface area contributed by atoms with Gasteiger partial charge in [-0.05, 0) is 37.5 Å². The van der Waals surface area contributed by atoms with Crippen LogP contribution < -0.4 is 0 Å². The molecule has 4 heteroatoms. The van der Waals surface area contributed by atoms with Crippen molar-refractivity contribution >= 4 is 33.4 Å². The van der Waals surface area contributed by atoms with Gasteiger partial charge in [0.15, 0.2) is 0 Å². The number of hydrogen-bond acceptors (Lipinski definition) is 1. The summed E-state index contributed by atoms with van der Waals surface area (Å²) in [6.07, 6.45) is 4.45. The fourth-order valence-corrected chi connectivity index (χ4v) is 3.27. The average Bonchev–Trinajstić information content (AvgIpc) is 2.65. The van der Waals surface area contributed by atoms with E-state index in [0.717, 1.165) is 35.0 Å². The third-order valence-electron chi connectivity index (χ3n) is 3.75. The van der Waals surface area contributed by atoms with Crippen molar-refractivity contribution in [2.75, 3.05) is 12.4 Å². The first-order chi connectivity index (χ1) is 9.13. The third kappa shape index (κ3) is 3.51. The van der Waals surface area contributed by atoms with E-state index in [4.69, 9.17) is 11.6 Å². The highest BCUT2D eigenvalue weighted by molar-refractivity contribution is 9.10. The predicted molar refractivity (Wildman–Crippen MR) is 82.9 cm³/mol. The van der Waals surface area contributed by atoms with Crippen LogP contribution in [0.2, 0.25) is 0 Å². The Hall–Kier alpha value is -0.540. The van der Waals surface area contributed by atoms with E-state index in [-0.39, 0.29) is 11.9 Å². The molecule has 1 fully saturated rings. The zero-order valence-corrected chi connectivity index (χ0v) is 13.5. The Morgan fingerprint density at radius 2 is 2.21 bits per heavy atom. The molecular weight excluding hydrogens is 326 g/mol. The SMILES string of the molecule is Cc1ccc(Br)cc1C(=O)N1CCCCCC1CCl. The molecule has 0 spiro atoms. The third-order valence-corrected chi connectivity index (χ3v) is 4.60. The maximum atomic E-state index is 12.7. The molecule has 1 heterocycles. The number of halogens is 2. The van der Waals surface area contributed by atoms with Crippen LogP contribution in [0.5, 0.6) is 0 Å². The highest BCUT2D eigenvalue weighted by atomic mass is 79.9. The molecule has 1 aliphatic heterocycles. The number of likely N-dealkylation sites (tertiary alicyclic amines) is 1. The molecule has 0 aromatic heterocycles. The summed E-state index contributed by atoms with van der Waals surface area (Å²) in [5.74, 6) is 0.644. The number of nitrogens with zero attached hydrogens (tertiary/aromatic N) is 1. The molecule has 2 nitrogen and oxygen atoms in total. The second-order valence-electron chi connectivity index (χ2n) is 5.12. The summed E-state index contributed by atoms with van der Waals surface area (Å²) < 4.78 is 0.943. The number of carbonyl (C=O) groups excluding carboxylic acids is 1. The zero-order chi connectivity index (χ0) is 13.8. The highest BCUT2D eigenvalue weighted by Gasteiger charge is 2.26. The zero-order valence-electron chi connectivity index (χ0n) is 11.2. The molecule has 0 aliphatic carbocycles. The molecule has 0 bridgehead atoms. The van der Waals surface area contributed by atoms with E-state index < -0.39 is 0 Å². The smallest absolute Gasteiger partial charge is 0.254 e. The van der Waals surface area contributed by atoms with E-state index in [1.54, 1.807) is 0 Å². The highest BCUT2D eigenvalue weighted by Crippen LogP contribution is 2.23. The molecule has 1 atom stereocenters. The summed E-state index contributed by atoms with van der Waals surface area (Å²) in [7, 11) is 0. The summed E-state index contributed by atoms with van der Waals surface area (Å²) in [5, 5.41) is 0. The first kappa shape index (κ1) is 14.9. The van der Waals surface area contributed by atoms with Gasteiger partial charge in [-0.15, -0.1) is 11.6 Å². The lowest BCUT2D eigenvalue weighted by Crippen LogP contribution is -2.41. The lowest BCUT2D eigenvalue weighted by Gasteiger charge is -2.29. The number of rotatable bonds is 2. The fourth-order valence-electron chi connectivity index (χ4n) is 2.58. The van der Waals surface area contributed by atoms with Gasteiger partial charge in [0.1, 0.15) is 0 Å². The molecule has 1 aromatic carbocycles. The standard InChI is InChI=1S/C15H19BrClNO/c1-11-6-7-12(16)9-14(11)15(19)18-8-4-2-3-5-13(18)10-17/h6-7,9,13H,2-5,8,10H2,1H3. The largest absolute Gasteiger partial charge is 0.334 e. The molecule has 104 valence electrons. The normalized spacial score (nSPS) is 20.2. The number of benzene rings is 1. The van der Waals surface area contributed by atoms with Gasteiger partial charge in [0.05, 0.1) is 0 Å². The molecule has 1 aromatic rings. The van der Waals surface area contributed by atoms with Gasteiger partial charge in [-0.25, -0.2) is 0 Å². The molecule has 0 N–H and O–H groups in total. The first-order valence-electron chi connectivity index (χ1n) is 6.76. The van der Waals surface area contributed by atoms with E-state index in [1.165, 1.54) is 12.8 Å². The van der Waals surface area contributed by atoms with Gasteiger partial charge >= 0.3 is 0 Å². The molecule has 1 unspecified atom stereocenters. The van der Waals surface area contributed by atoms with Crippen LogP contribution >= 0.6 is 27.5 Å². The van der Waals surface area contributed by atoms with Gasteiger partial charge in [-0.1, -0.05) is 34.8 Å². The number of hydrogen-bond donors (Lipinski definition) is 0. The van der Waals surface area contributed by atoms with Crippen LogP contribution in [-0.4, -0.2) is 29.3 Å². The number of carbonyl (C=O) groups is 1. The summed E-state index contributed by atoms with van der Waals surface area (Å²) >= 11 is 9.49. The Balaban J connectivity index is 2.27. The van der Waals surface area contributed by atoms with E-state index in [1.807, 2.05) is 30.0 Å². The number of amides is 1. The molecular formula is C15H19BrClNO. The van der Waals surface area contributed by atoms with Gasteiger partial charge in [0.25, 0.3) is 5.91 Å². The Labute approximate surface area is 128 Å². The molecule has 0 radical (unpaired) electrons. The molecule has 1 aliphatic rings. The van der Waals surface area contributed by atoms with Crippen molar-refractivity contribution in [3.8, 4) is 0 Å². The Morgan fingerprint density at radius 3 is 2.95 bits per heavy atom. The maximum Gasteiger partial charge on any atom is 0.254 e. The van der Waals surface area contributed by atoms with Crippen LogP contribution in [0.3, 0.4) is 0 Å². The van der Waals surface area contributed by atoms with Gasteiger partial charge in [-0.2, -0.15) is 0 Å². The van der Waals surface area contributed by atoms with Crippen LogP contribution in [-0.2, 0) is 0 Å². The minimum atomic E-state index is 0.117. The van der Waals surface area contributed by atoms with Crippen molar-refractivity contribution in [2.24, 2.45) is 0 Å². The minimum Gasteiger partial charge on any atom is -0.334 e. The molecule has 1 amide bonds. The second-order valence-corrected chi connectivity index (χ2v) is 6.34. The van der Waals surface area contributed by atoms with E-state index in [9.17, 15) is 4.79 Å². The van der Waals surface area contributed by atoms with Gasteiger partial charge < -0.3 is 4.90 Å². The van der Waals surface area contributed by atoms with Gasteiger partial charge in [0, 0.05) is 28.5 Å². The Kier molecular flexibility index (Phi) is 5.28. The van der Waals surface area contributed by atoms with Crippen molar-refractivity contribution < 1.29 is 4.79 Å². The average molecular weight is 345 g/mol. The van der Waals surface area contributed by atoms with Crippen molar-refractivity contribution in [1.29, 1.82) is 0 Å². The quantitative estimate of drug-likeness (QED) is 0.729. The number of aryl methyl sites for hydroxylation is 1. The van der Waals surface area contributed by atoms with Crippen LogP contribution in [0, 0.1) is 6.92 Å². The van der Waals surface area contributed by atoms with Crippen molar-refractivity contribution in [3.63, 3.8) is 0 Å². The maximum absolute atomic E-state index is 12.7. The van der Waals surface area contributed by atoms with E-state index in [2.05, 4.69) is 15.9 Å². The van der Waals surface area contributed by atoms with Gasteiger partial charge in [-0.3, -0.25) is 4.79 Å². The lowest BCUT2D eigenvalue weighted by atomic mass is 10.1. The lowest BCUT2D eigenvalue weighted by molar-refractivity contribution is 0.0699. The molecule has 19 heavy (non-hydrogen) atoms. The van der Waals surface area contributed by atoms with Crippen LogP contribution in [0.4, 0.5) is 0 Å². The van der Waals surface area contributed by atoms with Crippen LogP contribution in [0.15, 0.2) is 22.7 Å². The summed E-state index contributed by atoms with van der Waals surface area (Å²) in [4.78, 5) is 14.7. The molecule has 1 saturated heterocycles. The fraction of sp³-hybridized carbons (Fsp3) is 0.533. The van der Waals surface area contributed by atoms with Crippen molar-refractivity contribution in [1.82, 2.24) is 4.90 Å². The first-order valence-corrected chi connectivity index (χ1v) is 8.09. The van der Waals surface area contributed by atoms with Gasteiger partial charge in [0.2, 0.25) is 0 Å². The summed E-state index contributed by atoms with van der Waals surface area (Å²) in [6.45, 7) is 2.80. The summed E-state index contributed by atoms with van der Waals surface area (Å²) in [6, 6.07) is 6.03. The minimum absolute atomic E-state index is 0.117. The van der Waals surface area contributed by atoms with Crippen LogP contribution in [0.25, 0.3) is 0 Å². The molecule has 0 saturated carbocycles. The molecule has 2 rings (SSSR count). The van der Waals surface area contributed by atoms with E-state index >= 15 is 0 Å². The Morgan fingerprint density at radius 1 is 1.42 bits per heavy atom. The van der Waals surface area contributed by atoms with E-state index in [0.29, 0.717) is 5.88 Å². The van der Waals surface area contributed by atoms with Crippen LogP contribution in [0.1, 0.15) is 41.6 Å². The van der Waals surface area contributed by atoms with Crippen molar-refractivity contribution in [2.45, 2.75) is 38.6 Å². The predicted octanol–water partition coefficient (Wildman–Crippen LogP) is 4.38.